The first kappa shape index (κ1) is 14.1. The van der Waals surface area contributed by atoms with Gasteiger partial charge in [0.25, 0.3) is 5.91 Å². The number of carbonyl (C=O) groups excluding carboxylic acids is 1. The van der Waals surface area contributed by atoms with E-state index >= 15 is 0 Å². The first-order valence-corrected chi connectivity index (χ1v) is 6.84. The molecular weight excluding hydrogens is 252 g/mol. The van der Waals surface area contributed by atoms with Crippen LogP contribution >= 0.6 is 0 Å². The van der Waals surface area contributed by atoms with Gasteiger partial charge in [0.05, 0.1) is 12.2 Å². The van der Waals surface area contributed by atoms with Gasteiger partial charge < -0.3 is 10.6 Å². The zero-order valence-electron chi connectivity index (χ0n) is 11.8. The summed E-state index contributed by atoms with van der Waals surface area (Å²) in [6.07, 6.45) is 4.57. The molecule has 3 N–H and O–H groups in total. The SMILES string of the molecule is CCCNc1ccc(C(=O)NC(C)c2cn[nH]c2)cc1. The van der Waals surface area contributed by atoms with Gasteiger partial charge in [-0.2, -0.15) is 5.10 Å². The number of nitrogens with zero attached hydrogens (tertiary/aromatic N) is 1. The van der Waals surface area contributed by atoms with E-state index in [1.54, 1.807) is 12.4 Å². The lowest BCUT2D eigenvalue weighted by molar-refractivity contribution is 0.0940. The number of anilines is 1. The average molecular weight is 272 g/mol. The Morgan fingerprint density at radius 3 is 2.70 bits per heavy atom. The Hall–Kier alpha value is -2.30. The van der Waals surface area contributed by atoms with Crippen molar-refractivity contribution in [1.29, 1.82) is 0 Å². The standard InChI is InChI=1S/C15H20N4O/c1-3-8-16-14-6-4-12(5-7-14)15(20)19-11(2)13-9-17-18-10-13/h4-7,9-11,16H,3,8H2,1-2H3,(H,17,18)(H,19,20). The number of hydrogen-bond acceptors (Lipinski definition) is 3. The second-order valence-electron chi connectivity index (χ2n) is 4.73. The smallest absolute Gasteiger partial charge is 0.251 e. The van der Waals surface area contributed by atoms with Gasteiger partial charge >= 0.3 is 0 Å². The lowest BCUT2D eigenvalue weighted by atomic mass is 10.1. The van der Waals surface area contributed by atoms with Crippen LogP contribution < -0.4 is 10.6 Å². The van der Waals surface area contributed by atoms with Crippen LogP contribution in [0.2, 0.25) is 0 Å². The number of hydrogen-bond donors (Lipinski definition) is 3. The molecule has 0 aliphatic rings. The van der Waals surface area contributed by atoms with Crippen LogP contribution in [0.3, 0.4) is 0 Å². The largest absolute Gasteiger partial charge is 0.385 e. The van der Waals surface area contributed by atoms with Crippen LogP contribution in [0.25, 0.3) is 0 Å². The van der Waals surface area contributed by atoms with Gasteiger partial charge in [-0.1, -0.05) is 6.92 Å². The average Bonchev–Trinajstić information content (AvgIpc) is 3.00. The molecule has 106 valence electrons. The van der Waals surface area contributed by atoms with Gasteiger partial charge in [0.2, 0.25) is 0 Å². The molecule has 1 heterocycles. The van der Waals surface area contributed by atoms with Gasteiger partial charge in [-0.3, -0.25) is 9.89 Å². The number of nitrogens with one attached hydrogen (secondary N) is 3. The Morgan fingerprint density at radius 1 is 1.35 bits per heavy atom. The van der Waals surface area contributed by atoms with Crippen molar-refractivity contribution in [3.05, 3.63) is 47.8 Å². The molecule has 0 fully saturated rings. The monoisotopic (exact) mass is 272 g/mol. The molecule has 1 aromatic carbocycles. The summed E-state index contributed by atoms with van der Waals surface area (Å²) in [5, 5.41) is 12.8. The first-order valence-electron chi connectivity index (χ1n) is 6.84. The topological polar surface area (TPSA) is 69.8 Å². The highest BCUT2D eigenvalue weighted by Gasteiger charge is 2.11. The van der Waals surface area contributed by atoms with Crippen molar-refractivity contribution in [1.82, 2.24) is 15.5 Å². The summed E-state index contributed by atoms with van der Waals surface area (Å²) in [5.74, 6) is -0.0826. The molecule has 0 aliphatic carbocycles. The molecule has 0 saturated heterocycles. The molecular formula is C15H20N4O. The molecule has 0 saturated carbocycles. The van der Waals surface area contributed by atoms with Gasteiger partial charge in [0, 0.05) is 29.6 Å². The quantitative estimate of drug-likeness (QED) is 0.757. The van der Waals surface area contributed by atoms with Crippen molar-refractivity contribution in [2.45, 2.75) is 26.3 Å². The second kappa shape index (κ2) is 6.75. The summed E-state index contributed by atoms with van der Waals surface area (Å²) < 4.78 is 0. The van der Waals surface area contributed by atoms with Crippen molar-refractivity contribution in [3.63, 3.8) is 0 Å². The molecule has 5 heteroatoms. The molecule has 1 aromatic heterocycles. The van der Waals surface area contributed by atoms with Crippen molar-refractivity contribution in [2.24, 2.45) is 0 Å². The maximum absolute atomic E-state index is 12.1. The lowest BCUT2D eigenvalue weighted by Gasteiger charge is -2.12. The van der Waals surface area contributed by atoms with E-state index in [4.69, 9.17) is 0 Å². The third-order valence-corrected chi connectivity index (χ3v) is 3.09. The minimum atomic E-state index is -0.0826. The van der Waals surface area contributed by atoms with E-state index in [9.17, 15) is 4.79 Å². The maximum atomic E-state index is 12.1. The third-order valence-electron chi connectivity index (χ3n) is 3.09. The van der Waals surface area contributed by atoms with E-state index in [0.29, 0.717) is 5.56 Å². The van der Waals surface area contributed by atoms with E-state index in [1.807, 2.05) is 31.2 Å². The van der Waals surface area contributed by atoms with Crippen molar-refractivity contribution in [3.8, 4) is 0 Å². The third kappa shape index (κ3) is 3.60. The van der Waals surface area contributed by atoms with Crippen LogP contribution in [0.5, 0.6) is 0 Å². The molecule has 0 bridgehead atoms. The maximum Gasteiger partial charge on any atom is 0.251 e. The highest BCUT2D eigenvalue weighted by atomic mass is 16.1. The molecule has 1 amide bonds. The number of benzene rings is 1. The number of carbonyl (C=O) groups is 1. The van der Waals surface area contributed by atoms with Crippen molar-refractivity contribution in [2.75, 3.05) is 11.9 Å². The van der Waals surface area contributed by atoms with E-state index in [1.165, 1.54) is 0 Å². The van der Waals surface area contributed by atoms with E-state index in [-0.39, 0.29) is 11.9 Å². The summed E-state index contributed by atoms with van der Waals surface area (Å²) in [6.45, 7) is 4.98. The molecule has 2 aromatic rings. The second-order valence-corrected chi connectivity index (χ2v) is 4.73. The van der Waals surface area contributed by atoms with E-state index < -0.39 is 0 Å². The lowest BCUT2D eigenvalue weighted by Crippen LogP contribution is -2.26. The van der Waals surface area contributed by atoms with Gasteiger partial charge in [-0.25, -0.2) is 0 Å². The van der Waals surface area contributed by atoms with E-state index in [2.05, 4.69) is 27.8 Å². The van der Waals surface area contributed by atoms with Crippen LogP contribution in [-0.4, -0.2) is 22.6 Å². The van der Waals surface area contributed by atoms with Crippen LogP contribution in [0.15, 0.2) is 36.7 Å². The number of H-pyrrole nitrogens is 1. The Balaban J connectivity index is 1.95. The normalized spacial score (nSPS) is 11.9. The minimum absolute atomic E-state index is 0.0702. The fraction of sp³-hybridized carbons (Fsp3) is 0.333. The predicted molar refractivity (Wildman–Crippen MR) is 79.7 cm³/mol. The minimum Gasteiger partial charge on any atom is -0.385 e. The zero-order chi connectivity index (χ0) is 14.4. The number of aromatic amines is 1. The van der Waals surface area contributed by atoms with Gasteiger partial charge in [-0.05, 0) is 37.6 Å². The summed E-state index contributed by atoms with van der Waals surface area (Å²) in [6, 6.07) is 7.43. The fourth-order valence-electron chi connectivity index (χ4n) is 1.87. The van der Waals surface area contributed by atoms with Crippen LogP contribution in [-0.2, 0) is 0 Å². The van der Waals surface area contributed by atoms with Gasteiger partial charge in [0.15, 0.2) is 0 Å². The fourth-order valence-corrected chi connectivity index (χ4v) is 1.87. The Kier molecular flexibility index (Phi) is 4.76. The van der Waals surface area contributed by atoms with E-state index in [0.717, 1.165) is 24.2 Å². The van der Waals surface area contributed by atoms with Crippen molar-refractivity contribution < 1.29 is 4.79 Å². The highest BCUT2D eigenvalue weighted by molar-refractivity contribution is 5.94. The Bertz CT molecular complexity index is 534. The molecule has 0 aliphatic heterocycles. The number of rotatable bonds is 6. The molecule has 0 spiro atoms. The molecule has 20 heavy (non-hydrogen) atoms. The van der Waals surface area contributed by atoms with Crippen molar-refractivity contribution >= 4 is 11.6 Å². The molecule has 5 nitrogen and oxygen atoms in total. The van der Waals surface area contributed by atoms with Gasteiger partial charge in [-0.15, -0.1) is 0 Å². The van der Waals surface area contributed by atoms with Crippen LogP contribution in [0.4, 0.5) is 5.69 Å². The number of aromatic nitrogens is 2. The molecule has 1 atom stereocenters. The van der Waals surface area contributed by atoms with Crippen LogP contribution in [0.1, 0.15) is 42.2 Å². The summed E-state index contributed by atoms with van der Waals surface area (Å²) in [4.78, 5) is 12.1. The summed E-state index contributed by atoms with van der Waals surface area (Å²) >= 11 is 0. The summed E-state index contributed by atoms with van der Waals surface area (Å²) in [5.41, 5.74) is 2.65. The van der Waals surface area contributed by atoms with Crippen LogP contribution in [0, 0.1) is 0 Å². The molecule has 0 radical (unpaired) electrons. The Labute approximate surface area is 118 Å². The molecule has 1 unspecified atom stereocenters. The predicted octanol–water partition coefficient (Wildman–Crippen LogP) is 2.72. The number of amides is 1. The first-order chi connectivity index (χ1) is 9.70. The summed E-state index contributed by atoms with van der Waals surface area (Å²) in [7, 11) is 0. The van der Waals surface area contributed by atoms with Gasteiger partial charge in [0.1, 0.15) is 0 Å². The Morgan fingerprint density at radius 2 is 2.10 bits per heavy atom. The highest BCUT2D eigenvalue weighted by Crippen LogP contribution is 2.13. The zero-order valence-corrected chi connectivity index (χ0v) is 11.8. The molecule has 2 rings (SSSR count).